The van der Waals surface area contributed by atoms with Crippen LogP contribution in [0.1, 0.15) is 19.4 Å². The smallest absolute Gasteiger partial charge is 0.267 e. The van der Waals surface area contributed by atoms with Crippen molar-refractivity contribution in [3.8, 4) is 0 Å². The van der Waals surface area contributed by atoms with E-state index >= 15 is 0 Å². The van der Waals surface area contributed by atoms with E-state index in [4.69, 9.17) is 4.55 Å². The van der Waals surface area contributed by atoms with E-state index in [1.54, 1.807) is 0 Å². The fourth-order valence-electron chi connectivity index (χ4n) is 1.81. The van der Waals surface area contributed by atoms with Crippen molar-refractivity contribution in [2.45, 2.75) is 25.8 Å². The molecule has 0 aliphatic carbocycles. The van der Waals surface area contributed by atoms with Crippen molar-refractivity contribution in [2.24, 2.45) is 0 Å². The molecule has 0 fully saturated rings. The number of nitrogens with one attached hydrogen (secondary N) is 1. The van der Waals surface area contributed by atoms with Crippen LogP contribution in [0.3, 0.4) is 0 Å². The van der Waals surface area contributed by atoms with Crippen molar-refractivity contribution in [1.29, 1.82) is 0 Å². The lowest BCUT2D eigenvalue weighted by molar-refractivity contribution is -0.118. The summed E-state index contributed by atoms with van der Waals surface area (Å²) in [5.74, 6) is -0.979. The zero-order valence-corrected chi connectivity index (χ0v) is 12.4. The maximum atomic E-state index is 12.0. The first-order chi connectivity index (χ1) is 9.09. The van der Waals surface area contributed by atoms with Gasteiger partial charge < -0.3 is 5.32 Å². The topological polar surface area (TPSA) is 83.5 Å². The molecule has 0 unspecified atom stereocenters. The number of carbonyl (C=O) groups excluding carboxylic acids is 1. The van der Waals surface area contributed by atoms with Crippen LogP contribution in [-0.4, -0.2) is 30.2 Å². The van der Waals surface area contributed by atoms with Gasteiger partial charge in [-0.2, -0.15) is 8.42 Å². The van der Waals surface area contributed by atoms with Crippen molar-refractivity contribution in [1.82, 2.24) is 5.32 Å². The van der Waals surface area contributed by atoms with Gasteiger partial charge in [0.15, 0.2) is 0 Å². The lowest BCUT2D eigenvalue weighted by Gasteiger charge is -2.25. The molecule has 1 rings (SSSR count). The predicted molar refractivity (Wildman–Crippen MR) is 77.9 cm³/mol. The van der Waals surface area contributed by atoms with Gasteiger partial charge in [-0.25, -0.2) is 0 Å². The van der Waals surface area contributed by atoms with Crippen molar-refractivity contribution >= 4 is 16.0 Å². The third kappa shape index (κ3) is 5.99. The van der Waals surface area contributed by atoms with Gasteiger partial charge in [-0.1, -0.05) is 36.9 Å². The molecule has 1 aromatic rings. The average Bonchev–Trinajstić information content (AvgIpc) is 2.26. The fourth-order valence-corrected chi connectivity index (χ4v) is 2.79. The van der Waals surface area contributed by atoms with Crippen molar-refractivity contribution in [3.63, 3.8) is 0 Å². The minimum Gasteiger partial charge on any atom is -0.346 e. The zero-order chi connectivity index (χ0) is 15.4. The number of carbonyl (C=O) groups is 1. The molecule has 0 saturated carbocycles. The van der Waals surface area contributed by atoms with Gasteiger partial charge in [-0.05, 0) is 19.4 Å². The Morgan fingerprint density at radius 1 is 1.30 bits per heavy atom. The molecule has 0 radical (unpaired) electrons. The second-order valence-electron chi connectivity index (χ2n) is 5.33. The van der Waals surface area contributed by atoms with Gasteiger partial charge in [0.25, 0.3) is 10.1 Å². The van der Waals surface area contributed by atoms with Crippen molar-refractivity contribution in [3.05, 3.63) is 48.0 Å². The van der Waals surface area contributed by atoms with E-state index in [0.717, 1.165) is 5.56 Å². The lowest BCUT2D eigenvalue weighted by Crippen LogP contribution is -2.48. The Morgan fingerprint density at radius 2 is 1.85 bits per heavy atom. The fraction of sp³-hybridized carbons (Fsp3) is 0.357. The maximum Gasteiger partial charge on any atom is 0.267 e. The first-order valence-electron chi connectivity index (χ1n) is 6.08. The van der Waals surface area contributed by atoms with Crippen LogP contribution >= 0.6 is 0 Å². The predicted octanol–water partition coefficient (Wildman–Crippen LogP) is 1.57. The summed E-state index contributed by atoms with van der Waals surface area (Å²) in [5.41, 5.74) is 0.212. The van der Waals surface area contributed by atoms with E-state index in [1.807, 2.05) is 30.3 Å². The van der Waals surface area contributed by atoms with Crippen LogP contribution in [0.15, 0.2) is 42.5 Å². The molecule has 1 amide bonds. The Bertz CT molecular complexity index is 591. The second-order valence-corrected chi connectivity index (χ2v) is 6.78. The molecule has 110 valence electrons. The largest absolute Gasteiger partial charge is 0.346 e. The molecular formula is C14H19NO4S. The quantitative estimate of drug-likeness (QED) is 0.616. The number of amides is 1. The van der Waals surface area contributed by atoms with Gasteiger partial charge in [-0.15, -0.1) is 0 Å². The van der Waals surface area contributed by atoms with Crippen molar-refractivity contribution in [2.75, 3.05) is 5.75 Å². The van der Waals surface area contributed by atoms with E-state index in [9.17, 15) is 13.2 Å². The van der Waals surface area contributed by atoms with E-state index in [-0.39, 0.29) is 0 Å². The molecule has 20 heavy (non-hydrogen) atoms. The molecule has 1 aromatic carbocycles. The van der Waals surface area contributed by atoms with Crippen LogP contribution in [0, 0.1) is 0 Å². The van der Waals surface area contributed by atoms with Gasteiger partial charge in [0.1, 0.15) is 0 Å². The monoisotopic (exact) mass is 297 g/mol. The number of rotatable bonds is 6. The van der Waals surface area contributed by atoms with Gasteiger partial charge in [0.2, 0.25) is 5.91 Å². The molecule has 6 heteroatoms. The third-order valence-electron chi connectivity index (χ3n) is 2.58. The van der Waals surface area contributed by atoms with Gasteiger partial charge in [0, 0.05) is 12.0 Å². The molecule has 2 N–H and O–H groups in total. The summed E-state index contributed by atoms with van der Waals surface area (Å²) in [6.45, 7) is 6.75. The summed E-state index contributed by atoms with van der Waals surface area (Å²) in [5, 5.41) is 2.56. The van der Waals surface area contributed by atoms with Crippen LogP contribution in [-0.2, 0) is 21.3 Å². The van der Waals surface area contributed by atoms with Crippen LogP contribution in [0.5, 0.6) is 0 Å². The first-order valence-corrected chi connectivity index (χ1v) is 7.69. The highest BCUT2D eigenvalue weighted by atomic mass is 32.2. The Balaban J connectivity index is 2.64. The Morgan fingerprint density at radius 3 is 2.35 bits per heavy atom. The van der Waals surface area contributed by atoms with Gasteiger partial charge >= 0.3 is 0 Å². The summed E-state index contributed by atoms with van der Waals surface area (Å²) in [4.78, 5) is 12.0. The minimum absolute atomic E-state index is 0.333. The number of hydrogen-bond donors (Lipinski definition) is 2. The summed E-state index contributed by atoms with van der Waals surface area (Å²) in [6.07, 6.45) is 0.384. The molecule has 0 aliphatic heterocycles. The van der Waals surface area contributed by atoms with E-state index in [0.29, 0.717) is 12.0 Å². The first kappa shape index (κ1) is 16.4. The molecule has 0 heterocycles. The molecule has 0 atom stereocenters. The highest BCUT2D eigenvalue weighted by molar-refractivity contribution is 7.85. The SMILES string of the molecule is C=C(Cc1ccccc1)C(=O)NC(C)(C)CS(=O)(=O)O. The molecule has 0 spiro atoms. The molecule has 0 saturated heterocycles. The molecule has 0 bridgehead atoms. The summed E-state index contributed by atoms with van der Waals surface area (Å²) in [6, 6.07) is 9.36. The highest BCUT2D eigenvalue weighted by Gasteiger charge is 2.27. The van der Waals surface area contributed by atoms with E-state index in [2.05, 4.69) is 11.9 Å². The molecule has 0 aliphatic rings. The zero-order valence-electron chi connectivity index (χ0n) is 11.6. The summed E-state index contributed by atoms with van der Waals surface area (Å²) < 4.78 is 30.6. The Kier molecular flexibility index (Phi) is 5.08. The normalized spacial score (nSPS) is 11.9. The minimum atomic E-state index is -4.16. The standard InChI is InChI=1S/C14H19NO4S/c1-11(9-12-7-5-4-6-8-12)13(16)15-14(2,3)10-20(17,18)19/h4-8H,1,9-10H2,2-3H3,(H,15,16)(H,17,18,19). The van der Waals surface area contributed by atoms with Crippen LogP contribution in [0.25, 0.3) is 0 Å². The lowest BCUT2D eigenvalue weighted by atomic mass is 10.0. The second kappa shape index (κ2) is 6.19. The highest BCUT2D eigenvalue weighted by Crippen LogP contribution is 2.10. The van der Waals surface area contributed by atoms with Crippen molar-refractivity contribution < 1.29 is 17.8 Å². The Hall–Kier alpha value is -1.66. The maximum absolute atomic E-state index is 12.0. The van der Waals surface area contributed by atoms with Gasteiger partial charge in [0.05, 0.1) is 11.3 Å². The third-order valence-corrected chi connectivity index (χ3v) is 3.66. The number of hydrogen-bond acceptors (Lipinski definition) is 3. The average molecular weight is 297 g/mol. The van der Waals surface area contributed by atoms with Crippen LogP contribution in [0.4, 0.5) is 0 Å². The van der Waals surface area contributed by atoms with Gasteiger partial charge in [-0.3, -0.25) is 9.35 Å². The van der Waals surface area contributed by atoms with Crippen LogP contribution < -0.4 is 5.32 Å². The molecule has 5 nitrogen and oxygen atoms in total. The van der Waals surface area contributed by atoms with E-state index < -0.39 is 27.3 Å². The summed E-state index contributed by atoms with van der Waals surface area (Å²) in [7, 11) is -4.16. The van der Waals surface area contributed by atoms with Crippen LogP contribution in [0.2, 0.25) is 0 Å². The van der Waals surface area contributed by atoms with E-state index in [1.165, 1.54) is 13.8 Å². The molecular weight excluding hydrogens is 278 g/mol. The Labute approximate surface area is 119 Å². The summed E-state index contributed by atoms with van der Waals surface area (Å²) >= 11 is 0. The molecule has 0 aromatic heterocycles. The number of benzene rings is 1.